The van der Waals surface area contributed by atoms with E-state index in [1.807, 2.05) is 0 Å². The van der Waals surface area contributed by atoms with Gasteiger partial charge in [0.1, 0.15) is 12.4 Å². The Labute approximate surface area is 109 Å². The van der Waals surface area contributed by atoms with Crippen molar-refractivity contribution in [2.45, 2.75) is 4.90 Å². The van der Waals surface area contributed by atoms with Crippen molar-refractivity contribution in [1.82, 2.24) is 4.90 Å². The lowest BCUT2D eigenvalue weighted by Crippen LogP contribution is -2.38. The second-order valence-electron chi connectivity index (χ2n) is 4.01. The van der Waals surface area contributed by atoms with Crippen LogP contribution >= 0.6 is 0 Å². The van der Waals surface area contributed by atoms with Gasteiger partial charge in [-0.15, -0.1) is 0 Å². The molecule has 1 unspecified atom stereocenters. The van der Waals surface area contributed by atoms with Gasteiger partial charge in [-0.25, -0.2) is 0 Å². The van der Waals surface area contributed by atoms with E-state index in [9.17, 15) is 8.76 Å². The lowest BCUT2D eigenvalue weighted by atomic mass is 10.3. The van der Waals surface area contributed by atoms with Crippen LogP contribution in [0.3, 0.4) is 0 Å². The number of hydrogen-bond donors (Lipinski definition) is 0. The Kier molecular flexibility index (Phi) is 5.12. The molecule has 0 spiro atoms. The Hall–Kier alpha value is -0.950. The largest absolute Gasteiger partial charge is 0.768 e. The highest BCUT2D eigenvalue weighted by Gasteiger charge is 2.09. The molecule has 18 heavy (non-hydrogen) atoms. The highest BCUT2D eigenvalue weighted by Crippen LogP contribution is 2.13. The second-order valence-corrected chi connectivity index (χ2v) is 4.95. The van der Waals surface area contributed by atoms with Crippen molar-refractivity contribution in [3.05, 3.63) is 24.3 Å². The van der Waals surface area contributed by atoms with Gasteiger partial charge in [-0.3, -0.25) is 9.11 Å². The maximum Gasteiger partial charge on any atom is 0.119 e. The number of benzene rings is 1. The third-order valence-corrected chi connectivity index (χ3v) is 3.45. The minimum atomic E-state index is -2.17. The molecule has 1 aromatic carbocycles. The van der Waals surface area contributed by atoms with Crippen molar-refractivity contribution in [2.75, 3.05) is 39.5 Å². The van der Waals surface area contributed by atoms with Gasteiger partial charge in [0.2, 0.25) is 0 Å². The highest BCUT2D eigenvalue weighted by molar-refractivity contribution is 7.79. The average molecular weight is 270 g/mol. The van der Waals surface area contributed by atoms with Crippen LogP contribution < -0.4 is 4.74 Å². The fraction of sp³-hybridized carbons (Fsp3) is 0.500. The molecule has 0 aliphatic carbocycles. The average Bonchev–Trinajstić information content (AvgIpc) is 2.40. The van der Waals surface area contributed by atoms with E-state index in [0.29, 0.717) is 12.4 Å². The summed E-state index contributed by atoms with van der Waals surface area (Å²) in [7, 11) is 0. The molecule has 0 aromatic heterocycles. The summed E-state index contributed by atoms with van der Waals surface area (Å²) in [6.45, 7) is 4.90. The van der Waals surface area contributed by atoms with E-state index in [-0.39, 0.29) is 4.90 Å². The van der Waals surface area contributed by atoms with Gasteiger partial charge < -0.3 is 14.0 Å². The Balaban J connectivity index is 1.74. The molecule has 0 amide bonds. The first-order chi connectivity index (χ1) is 8.75. The van der Waals surface area contributed by atoms with E-state index in [2.05, 4.69) is 4.90 Å². The summed E-state index contributed by atoms with van der Waals surface area (Å²) >= 11 is -2.17. The lowest BCUT2D eigenvalue weighted by molar-refractivity contribution is 0.0322. The minimum absolute atomic E-state index is 0.274. The molecule has 0 N–H and O–H groups in total. The zero-order valence-electron chi connectivity index (χ0n) is 10.0. The number of hydrogen-bond acceptors (Lipinski definition) is 5. The molecule has 1 heterocycles. The SMILES string of the molecule is O=S([O-])c1ccc(OCCN2CCOCC2)cc1. The van der Waals surface area contributed by atoms with Crippen LogP contribution in [0.2, 0.25) is 0 Å². The van der Waals surface area contributed by atoms with Crippen LogP contribution in [0.15, 0.2) is 29.2 Å². The van der Waals surface area contributed by atoms with Crippen LogP contribution in [0.25, 0.3) is 0 Å². The lowest BCUT2D eigenvalue weighted by Gasteiger charge is -2.26. The summed E-state index contributed by atoms with van der Waals surface area (Å²) in [4.78, 5) is 2.56. The Morgan fingerprint density at radius 1 is 1.28 bits per heavy atom. The minimum Gasteiger partial charge on any atom is -0.768 e. The van der Waals surface area contributed by atoms with Crippen molar-refractivity contribution in [1.29, 1.82) is 0 Å². The van der Waals surface area contributed by atoms with Gasteiger partial charge in [-0.1, -0.05) is 0 Å². The molecule has 1 aromatic rings. The van der Waals surface area contributed by atoms with Gasteiger partial charge in [0.25, 0.3) is 0 Å². The maximum absolute atomic E-state index is 10.7. The molecule has 0 saturated carbocycles. The van der Waals surface area contributed by atoms with Crippen LogP contribution in [0.5, 0.6) is 5.75 Å². The first kappa shape index (κ1) is 13.5. The summed E-state index contributed by atoms with van der Waals surface area (Å²) in [6.07, 6.45) is 0. The molecule has 1 aliphatic rings. The van der Waals surface area contributed by atoms with Crippen LogP contribution in [-0.4, -0.2) is 53.1 Å². The topological polar surface area (TPSA) is 61.8 Å². The van der Waals surface area contributed by atoms with E-state index >= 15 is 0 Å². The molecule has 100 valence electrons. The number of ether oxygens (including phenoxy) is 2. The van der Waals surface area contributed by atoms with Crippen molar-refractivity contribution in [3.8, 4) is 5.75 Å². The molecule has 0 bridgehead atoms. The third kappa shape index (κ3) is 4.06. The molecule has 1 aliphatic heterocycles. The first-order valence-corrected chi connectivity index (χ1v) is 6.95. The molecular formula is C12H16NO4S-. The Bertz CT molecular complexity index is 390. The molecule has 2 rings (SSSR count). The van der Waals surface area contributed by atoms with Gasteiger partial charge in [0.05, 0.1) is 13.2 Å². The molecule has 1 atom stereocenters. The van der Waals surface area contributed by atoms with Crippen LogP contribution in [0.1, 0.15) is 0 Å². The molecule has 1 fully saturated rings. The van der Waals surface area contributed by atoms with Crippen LogP contribution in [0.4, 0.5) is 0 Å². The maximum atomic E-state index is 10.7. The smallest absolute Gasteiger partial charge is 0.119 e. The highest BCUT2D eigenvalue weighted by atomic mass is 32.2. The van der Waals surface area contributed by atoms with Crippen molar-refractivity contribution >= 4 is 11.1 Å². The van der Waals surface area contributed by atoms with Gasteiger partial charge in [-0.05, 0) is 35.3 Å². The van der Waals surface area contributed by atoms with Gasteiger partial charge in [0, 0.05) is 24.5 Å². The van der Waals surface area contributed by atoms with Gasteiger partial charge in [0.15, 0.2) is 0 Å². The van der Waals surface area contributed by atoms with E-state index in [1.54, 1.807) is 12.1 Å². The zero-order valence-corrected chi connectivity index (χ0v) is 10.9. The van der Waals surface area contributed by atoms with E-state index in [0.717, 1.165) is 32.8 Å². The predicted octanol–water partition coefficient (Wildman–Crippen LogP) is 0.636. The fourth-order valence-electron chi connectivity index (χ4n) is 1.76. The quantitative estimate of drug-likeness (QED) is 0.735. The van der Waals surface area contributed by atoms with E-state index in [4.69, 9.17) is 9.47 Å². The van der Waals surface area contributed by atoms with Crippen molar-refractivity contribution in [3.63, 3.8) is 0 Å². The molecule has 5 nitrogen and oxygen atoms in total. The number of rotatable bonds is 5. The summed E-state index contributed by atoms with van der Waals surface area (Å²) in [5.74, 6) is 0.692. The molecular weight excluding hydrogens is 254 g/mol. The molecule has 0 radical (unpaired) electrons. The fourth-order valence-corrected chi connectivity index (χ4v) is 2.12. The summed E-state index contributed by atoms with van der Waals surface area (Å²) in [5.41, 5.74) is 0. The molecule has 6 heteroatoms. The Morgan fingerprint density at radius 2 is 1.94 bits per heavy atom. The third-order valence-electron chi connectivity index (χ3n) is 2.80. The zero-order chi connectivity index (χ0) is 12.8. The first-order valence-electron chi connectivity index (χ1n) is 5.88. The monoisotopic (exact) mass is 270 g/mol. The van der Waals surface area contributed by atoms with E-state index in [1.165, 1.54) is 12.1 Å². The predicted molar refractivity (Wildman–Crippen MR) is 66.4 cm³/mol. The number of nitrogens with zero attached hydrogens (tertiary/aromatic N) is 1. The normalized spacial score (nSPS) is 18.5. The summed E-state index contributed by atoms with van der Waals surface area (Å²) < 4.78 is 32.2. The molecule has 1 saturated heterocycles. The summed E-state index contributed by atoms with van der Waals surface area (Å²) in [5, 5.41) is 0. The van der Waals surface area contributed by atoms with E-state index < -0.39 is 11.1 Å². The summed E-state index contributed by atoms with van der Waals surface area (Å²) in [6, 6.07) is 6.41. The Morgan fingerprint density at radius 3 is 2.56 bits per heavy atom. The van der Waals surface area contributed by atoms with Gasteiger partial charge in [-0.2, -0.15) is 0 Å². The standard InChI is InChI=1S/C12H17NO4S/c14-18(15)12-3-1-11(2-4-12)17-10-7-13-5-8-16-9-6-13/h1-4H,5-10H2,(H,14,15)/p-1. The number of morpholine rings is 1. The van der Waals surface area contributed by atoms with Crippen LogP contribution in [0, 0.1) is 0 Å². The second kappa shape index (κ2) is 6.84. The van der Waals surface area contributed by atoms with Gasteiger partial charge >= 0.3 is 0 Å². The van der Waals surface area contributed by atoms with Crippen molar-refractivity contribution in [2.24, 2.45) is 0 Å². The van der Waals surface area contributed by atoms with Crippen molar-refractivity contribution < 1.29 is 18.2 Å². The van der Waals surface area contributed by atoms with Crippen LogP contribution in [-0.2, 0) is 15.8 Å².